The molecule has 2 amide bonds. The third-order valence-corrected chi connectivity index (χ3v) is 2.94. The van der Waals surface area contributed by atoms with Crippen molar-refractivity contribution in [2.45, 2.75) is 19.5 Å². The van der Waals surface area contributed by atoms with Crippen LogP contribution in [-0.2, 0) is 22.7 Å². The molecule has 6 heteroatoms. The van der Waals surface area contributed by atoms with Gasteiger partial charge in [0.05, 0.1) is 6.33 Å². The van der Waals surface area contributed by atoms with Gasteiger partial charge in [0.2, 0.25) is 0 Å². The Labute approximate surface area is 123 Å². The molecule has 21 heavy (non-hydrogen) atoms. The van der Waals surface area contributed by atoms with Gasteiger partial charge in [-0.25, -0.2) is 4.98 Å². The molecule has 2 rings (SSSR count). The quantitative estimate of drug-likeness (QED) is 0.606. The molecule has 0 radical (unpaired) electrons. The number of nitrogens with zero attached hydrogens (tertiary/aromatic N) is 2. The molecule has 0 aliphatic heterocycles. The van der Waals surface area contributed by atoms with Gasteiger partial charge >= 0.3 is 11.8 Å². The first-order valence-electron chi connectivity index (χ1n) is 6.81. The predicted molar refractivity (Wildman–Crippen MR) is 78.1 cm³/mol. The molecule has 0 unspecified atom stereocenters. The van der Waals surface area contributed by atoms with Crippen LogP contribution in [0.3, 0.4) is 0 Å². The number of aryl methyl sites for hydroxylation is 1. The first-order valence-corrected chi connectivity index (χ1v) is 6.81. The largest absolute Gasteiger partial charge is 0.348 e. The van der Waals surface area contributed by atoms with Gasteiger partial charge in [-0.05, 0) is 12.0 Å². The number of hydrogen-bond acceptors (Lipinski definition) is 3. The molecular formula is C15H18N4O2. The lowest BCUT2D eigenvalue weighted by Gasteiger charge is -2.07. The van der Waals surface area contributed by atoms with Gasteiger partial charge in [-0.1, -0.05) is 30.3 Å². The summed E-state index contributed by atoms with van der Waals surface area (Å²) in [5.74, 6) is -1.21. The van der Waals surface area contributed by atoms with E-state index >= 15 is 0 Å². The number of amides is 2. The summed E-state index contributed by atoms with van der Waals surface area (Å²) in [6.07, 6.45) is 6.02. The van der Waals surface area contributed by atoms with Gasteiger partial charge in [0.25, 0.3) is 0 Å². The molecule has 2 aromatic rings. The van der Waals surface area contributed by atoms with E-state index in [0.717, 1.165) is 18.5 Å². The van der Waals surface area contributed by atoms with Gasteiger partial charge in [-0.3, -0.25) is 9.59 Å². The number of nitrogens with one attached hydrogen (secondary N) is 2. The van der Waals surface area contributed by atoms with Gasteiger partial charge in [0, 0.05) is 32.0 Å². The van der Waals surface area contributed by atoms with Crippen molar-refractivity contribution in [1.82, 2.24) is 20.2 Å². The molecule has 0 atom stereocenters. The van der Waals surface area contributed by atoms with Crippen molar-refractivity contribution in [3.8, 4) is 0 Å². The van der Waals surface area contributed by atoms with Crippen molar-refractivity contribution in [2.75, 3.05) is 6.54 Å². The number of benzene rings is 1. The molecule has 0 saturated heterocycles. The van der Waals surface area contributed by atoms with Crippen LogP contribution in [0.25, 0.3) is 0 Å². The van der Waals surface area contributed by atoms with E-state index < -0.39 is 11.8 Å². The highest BCUT2D eigenvalue weighted by atomic mass is 16.2. The van der Waals surface area contributed by atoms with Crippen LogP contribution < -0.4 is 10.6 Å². The molecular weight excluding hydrogens is 268 g/mol. The fourth-order valence-corrected chi connectivity index (χ4v) is 1.82. The second-order valence-corrected chi connectivity index (χ2v) is 4.58. The third-order valence-electron chi connectivity index (χ3n) is 2.94. The lowest BCUT2D eigenvalue weighted by atomic mass is 10.2. The Kier molecular flexibility index (Phi) is 5.51. The molecule has 1 aromatic heterocycles. The van der Waals surface area contributed by atoms with Gasteiger partial charge < -0.3 is 15.2 Å². The Balaban J connectivity index is 1.62. The molecule has 0 bridgehead atoms. The van der Waals surface area contributed by atoms with Crippen LogP contribution >= 0.6 is 0 Å². The maximum atomic E-state index is 11.6. The number of aromatic nitrogens is 2. The van der Waals surface area contributed by atoms with Crippen LogP contribution in [0.5, 0.6) is 0 Å². The van der Waals surface area contributed by atoms with E-state index in [-0.39, 0.29) is 0 Å². The predicted octanol–water partition coefficient (Wildman–Crippen LogP) is 0.706. The maximum absolute atomic E-state index is 11.6. The summed E-state index contributed by atoms with van der Waals surface area (Å²) in [5.41, 5.74) is 0.957. The van der Waals surface area contributed by atoms with Crippen LogP contribution in [0.2, 0.25) is 0 Å². The van der Waals surface area contributed by atoms with Crippen molar-refractivity contribution in [1.29, 1.82) is 0 Å². The number of imidazole rings is 1. The smallest absolute Gasteiger partial charge is 0.309 e. The Morgan fingerprint density at radius 2 is 1.86 bits per heavy atom. The normalized spacial score (nSPS) is 10.1. The van der Waals surface area contributed by atoms with Crippen LogP contribution in [0, 0.1) is 0 Å². The standard InChI is InChI=1S/C15H18N4O2/c20-14(17-7-4-9-19-10-8-16-12-19)15(21)18-11-13-5-2-1-3-6-13/h1-3,5-6,8,10,12H,4,7,9,11H2,(H,17,20)(H,18,21). The molecule has 2 N–H and O–H groups in total. The second kappa shape index (κ2) is 7.84. The van der Waals surface area contributed by atoms with Crippen LogP contribution in [0.4, 0.5) is 0 Å². The number of carbonyl (C=O) groups is 2. The second-order valence-electron chi connectivity index (χ2n) is 4.58. The molecule has 0 spiro atoms. The maximum Gasteiger partial charge on any atom is 0.309 e. The summed E-state index contributed by atoms with van der Waals surface area (Å²) < 4.78 is 1.92. The molecule has 0 aliphatic carbocycles. The highest BCUT2D eigenvalue weighted by Gasteiger charge is 2.11. The summed E-state index contributed by atoms with van der Waals surface area (Å²) >= 11 is 0. The van der Waals surface area contributed by atoms with E-state index in [1.807, 2.05) is 41.1 Å². The molecule has 1 aromatic carbocycles. The molecule has 0 saturated carbocycles. The highest BCUT2D eigenvalue weighted by Crippen LogP contribution is 1.96. The van der Waals surface area contributed by atoms with Crippen molar-refractivity contribution in [3.63, 3.8) is 0 Å². The minimum atomic E-state index is -0.610. The van der Waals surface area contributed by atoms with Crippen LogP contribution in [-0.4, -0.2) is 27.9 Å². The fourth-order valence-electron chi connectivity index (χ4n) is 1.82. The Hall–Kier alpha value is -2.63. The topological polar surface area (TPSA) is 76.0 Å². The Morgan fingerprint density at radius 1 is 1.10 bits per heavy atom. The molecule has 110 valence electrons. The average Bonchev–Trinajstić information content (AvgIpc) is 3.03. The number of rotatable bonds is 6. The summed E-state index contributed by atoms with van der Waals surface area (Å²) in [5, 5.41) is 5.18. The summed E-state index contributed by atoms with van der Waals surface area (Å²) in [4.78, 5) is 27.1. The van der Waals surface area contributed by atoms with Crippen LogP contribution in [0.1, 0.15) is 12.0 Å². The van der Waals surface area contributed by atoms with Crippen molar-refractivity contribution in [3.05, 3.63) is 54.6 Å². The number of hydrogen-bond donors (Lipinski definition) is 2. The van der Waals surface area contributed by atoms with Gasteiger partial charge in [0.1, 0.15) is 0 Å². The highest BCUT2D eigenvalue weighted by molar-refractivity contribution is 6.35. The van der Waals surface area contributed by atoms with Crippen molar-refractivity contribution >= 4 is 11.8 Å². The van der Waals surface area contributed by atoms with E-state index in [1.165, 1.54) is 0 Å². The molecule has 0 aliphatic rings. The Morgan fingerprint density at radius 3 is 2.57 bits per heavy atom. The number of carbonyl (C=O) groups excluding carboxylic acids is 2. The SMILES string of the molecule is O=C(NCCCn1ccnc1)C(=O)NCc1ccccc1. The Bertz CT molecular complexity index is 567. The zero-order valence-corrected chi connectivity index (χ0v) is 11.7. The van der Waals surface area contributed by atoms with Crippen molar-refractivity contribution < 1.29 is 9.59 Å². The van der Waals surface area contributed by atoms with Gasteiger partial charge in [0.15, 0.2) is 0 Å². The minimum Gasteiger partial charge on any atom is -0.348 e. The molecule has 6 nitrogen and oxygen atoms in total. The fraction of sp³-hybridized carbons (Fsp3) is 0.267. The third kappa shape index (κ3) is 5.10. The van der Waals surface area contributed by atoms with Gasteiger partial charge in [-0.15, -0.1) is 0 Å². The van der Waals surface area contributed by atoms with E-state index in [9.17, 15) is 9.59 Å². The van der Waals surface area contributed by atoms with E-state index in [4.69, 9.17) is 0 Å². The summed E-state index contributed by atoms with van der Waals surface area (Å²) in [6, 6.07) is 9.46. The van der Waals surface area contributed by atoms with Crippen LogP contribution in [0.15, 0.2) is 49.1 Å². The zero-order chi connectivity index (χ0) is 14.9. The average molecular weight is 286 g/mol. The van der Waals surface area contributed by atoms with Crippen molar-refractivity contribution in [2.24, 2.45) is 0 Å². The summed E-state index contributed by atoms with van der Waals surface area (Å²) in [6.45, 7) is 1.56. The molecule has 0 fully saturated rings. The minimum absolute atomic E-state index is 0.349. The first-order chi connectivity index (χ1) is 10.3. The van der Waals surface area contributed by atoms with E-state index in [1.54, 1.807) is 12.5 Å². The van der Waals surface area contributed by atoms with E-state index in [0.29, 0.717) is 13.1 Å². The lowest BCUT2D eigenvalue weighted by Crippen LogP contribution is -2.40. The zero-order valence-electron chi connectivity index (χ0n) is 11.7. The van der Waals surface area contributed by atoms with Gasteiger partial charge in [-0.2, -0.15) is 0 Å². The summed E-state index contributed by atoms with van der Waals surface area (Å²) in [7, 11) is 0. The monoisotopic (exact) mass is 286 g/mol. The van der Waals surface area contributed by atoms with E-state index in [2.05, 4.69) is 15.6 Å². The lowest BCUT2D eigenvalue weighted by molar-refractivity contribution is -0.139. The first kappa shape index (κ1) is 14.8. The molecule has 1 heterocycles.